The summed E-state index contributed by atoms with van der Waals surface area (Å²) >= 11 is 0. The predicted molar refractivity (Wildman–Crippen MR) is 105 cm³/mol. The molecule has 2 aromatic rings. The molecule has 1 fully saturated rings. The Hall–Kier alpha value is -2.77. The zero-order valence-corrected chi connectivity index (χ0v) is 17.2. The third-order valence-electron chi connectivity index (χ3n) is 4.82. The van der Waals surface area contributed by atoms with Crippen LogP contribution in [0, 0.1) is 0 Å². The van der Waals surface area contributed by atoms with Gasteiger partial charge in [-0.2, -0.15) is 5.10 Å². The van der Waals surface area contributed by atoms with Crippen molar-refractivity contribution in [1.82, 2.24) is 29.5 Å². The monoisotopic (exact) mass is 384 g/mol. The van der Waals surface area contributed by atoms with E-state index >= 15 is 0 Å². The molecule has 1 aliphatic heterocycles. The van der Waals surface area contributed by atoms with Crippen molar-refractivity contribution in [3.63, 3.8) is 0 Å². The van der Waals surface area contributed by atoms with Crippen LogP contribution < -0.4 is 0 Å². The quantitative estimate of drug-likeness (QED) is 0.810. The van der Waals surface area contributed by atoms with Gasteiger partial charge in [-0.05, 0) is 32.8 Å². The highest BCUT2D eigenvalue weighted by Gasteiger charge is 2.29. The Balaban J connectivity index is 1.70. The molecule has 8 nitrogen and oxygen atoms in total. The topological polar surface area (TPSA) is 84.2 Å². The number of aromatic nitrogens is 4. The summed E-state index contributed by atoms with van der Waals surface area (Å²) in [6.45, 7) is 12.3. The molecule has 0 spiro atoms. The minimum absolute atomic E-state index is 0.0866. The van der Waals surface area contributed by atoms with Gasteiger partial charge in [-0.3, -0.25) is 19.3 Å². The van der Waals surface area contributed by atoms with Crippen LogP contribution in [-0.2, 0) is 5.54 Å². The summed E-state index contributed by atoms with van der Waals surface area (Å²) in [5, 5.41) is 4.61. The molecule has 0 N–H and O–H groups in total. The predicted octanol–water partition coefficient (Wildman–Crippen LogP) is 2.15. The molecule has 8 heteroatoms. The van der Waals surface area contributed by atoms with E-state index < -0.39 is 0 Å². The maximum Gasteiger partial charge on any atom is 0.274 e. The average molecular weight is 384 g/mol. The Morgan fingerprint density at radius 1 is 0.964 bits per heavy atom. The highest BCUT2D eigenvalue weighted by atomic mass is 16.2. The Morgan fingerprint density at radius 2 is 1.54 bits per heavy atom. The van der Waals surface area contributed by atoms with Crippen molar-refractivity contribution in [2.75, 3.05) is 26.2 Å². The second-order valence-corrected chi connectivity index (χ2v) is 8.37. The fourth-order valence-electron chi connectivity index (χ4n) is 3.29. The second-order valence-electron chi connectivity index (χ2n) is 8.37. The summed E-state index contributed by atoms with van der Waals surface area (Å²) in [4.78, 5) is 36.9. The zero-order valence-electron chi connectivity index (χ0n) is 17.2. The van der Waals surface area contributed by atoms with E-state index in [1.165, 1.54) is 18.6 Å². The summed E-state index contributed by atoms with van der Waals surface area (Å²) in [6, 6.07) is 1.90. The van der Waals surface area contributed by atoms with Gasteiger partial charge in [-0.15, -0.1) is 0 Å². The van der Waals surface area contributed by atoms with Crippen molar-refractivity contribution >= 4 is 11.8 Å². The highest BCUT2D eigenvalue weighted by molar-refractivity contribution is 5.94. The van der Waals surface area contributed by atoms with Crippen molar-refractivity contribution in [3.8, 4) is 0 Å². The highest BCUT2D eigenvalue weighted by Crippen LogP contribution is 2.24. The molecule has 3 heterocycles. The molecule has 0 bridgehead atoms. The number of hydrogen-bond donors (Lipinski definition) is 0. The molecule has 1 aliphatic rings. The van der Waals surface area contributed by atoms with Gasteiger partial charge in [-0.1, -0.05) is 13.8 Å². The van der Waals surface area contributed by atoms with E-state index in [0.29, 0.717) is 37.6 Å². The molecular weight excluding hydrogens is 356 g/mol. The van der Waals surface area contributed by atoms with Gasteiger partial charge in [0.25, 0.3) is 11.8 Å². The van der Waals surface area contributed by atoms with Crippen molar-refractivity contribution in [2.45, 2.75) is 46.1 Å². The lowest BCUT2D eigenvalue weighted by Crippen LogP contribution is -2.50. The third kappa shape index (κ3) is 4.05. The summed E-state index contributed by atoms with van der Waals surface area (Å²) in [6.07, 6.45) is 4.51. The molecule has 0 radical (unpaired) electrons. The summed E-state index contributed by atoms with van der Waals surface area (Å²) < 4.78 is 1.94. The van der Waals surface area contributed by atoms with Gasteiger partial charge < -0.3 is 9.80 Å². The number of hydrogen-bond acceptors (Lipinski definition) is 5. The molecule has 28 heavy (non-hydrogen) atoms. The Kier molecular flexibility index (Phi) is 5.49. The number of nitrogens with zero attached hydrogens (tertiary/aromatic N) is 6. The largest absolute Gasteiger partial charge is 0.334 e. The van der Waals surface area contributed by atoms with E-state index in [1.807, 2.05) is 10.7 Å². The van der Waals surface area contributed by atoms with Gasteiger partial charge in [0.2, 0.25) is 0 Å². The lowest BCUT2D eigenvalue weighted by atomic mass is 10.1. The standard InChI is InChI=1S/C20H28N6O2/c1-14(2)17-12-15(23-26(17)20(3,4)5)18(27)24-8-10-25(11-9-24)19(28)16-13-21-6-7-22-16/h6-7,12-14H,8-11H2,1-5H3. The van der Waals surface area contributed by atoms with Gasteiger partial charge >= 0.3 is 0 Å². The normalized spacial score (nSPS) is 15.2. The minimum atomic E-state index is -0.194. The first kappa shape index (κ1) is 20.0. The Morgan fingerprint density at radius 3 is 1.96 bits per heavy atom. The van der Waals surface area contributed by atoms with Gasteiger partial charge in [-0.25, -0.2) is 4.98 Å². The number of piperazine rings is 1. The second kappa shape index (κ2) is 7.69. The van der Waals surface area contributed by atoms with Gasteiger partial charge in [0.05, 0.1) is 11.7 Å². The van der Waals surface area contributed by atoms with Crippen LogP contribution >= 0.6 is 0 Å². The van der Waals surface area contributed by atoms with Crippen molar-refractivity contribution in [2.24, 2.45) is 0 Å². The van der Waals surface area contributed by atoms with Gasteiger partial charge in [0.1, 0.15) is 5.69 Å². The molecule has 0 aromatic carbocycles. The molecule has 150 valence electrons. The zero-order chi connectivity index (χ0) is 20.5. The van der Waals surface area contributed by atoms with E-state index in [-0.39, 0.29) is 23.3 Å². The van der Waals surface area contributed by atoms with Crippen molar-refractivity contribution in [3.05, 3.63) is 41.7 Å². The summed E-state index contributed by atoms with van der Waals surface area (Å²) in [5.41, 5.74) is 1.65. The fraction of sp³-hybridized carbons (Fsp3) is 0.550. The first-order valence-electron chi connectivity index (χ1n) is 9.63. The fourth-order valence-corrected chi connectivity index (χ4v) is 3.29. The molecule has 2 aromatic heterocycles. The van der Waals surface area contributed by atoms with E-state index in [9.17, 15) is 9.59 Å². The Bertz CT molecular complexity index is 845. The van der Waals surface area contributed by atoms with E-state index in [4.69, 9.17) is 0 Å². The molecule has 2 amide bonds. The Labute approximate surface area is 165 Å². The first-order chi connectivity index (χ1) is 13.2. The number of carbonyl (C=O) groups excluding carboxylic acids is 2. The molecule has 3 rings (SSSR count). The molecule has 0 aliphatic carbocycles. The number of carbonyl (C=O) groups is 2. The smallest absolute Gasteiger partial charge is 0.274 e. The van der Waals surface area contributed by atoms with Crippen LogP contribution in [-0.4, -0.2) is 67.5 Å². The summed E-state index contributed by atoms with van der Waals surface area (Å²) in [7, 11) is 0. The molecule has 0 atom stereocenters. The van der Waals surface area contributed by atoms with Crippen LogP contribution in [0.5, 0.6) is 0 Å². The average Bonchev–Trinajstić information content (AvgIpc) is 3.14. The van der Waals surface area contributed by atoms with Crippen LogP contribution in [0.4, 0.5) is 0 Å². The van der Waals surface area contributed by atoms with Crippen LogP contribution in [0.25, 0.3) is 0 Å². The summed E-state index contributed by atoms with van der Waals surface area (Å²) in [5.74, 6) is 0.0329. The van der Waals surface area contributed by atoms with Crippen LogP contribution in [0.2, 0.25) is 0 Å². The molecular formula is C20H28N6O2. The van der Waals surface area contributed by atoms with Crippen molar-refractivity contribution in [1.29, 1.82) is 0 Å². The van der Waals surface area contributed by atoms with E-state index in [0.717, 1.165) is 5.69 Å². The van der Waals surface area contributed by atoms with Crippen LogP contribution in [0.1, 0.15) is 67.2 Å². The maximum absolute atomic E-state index is 13.0. The van der Waals surface area contributed by atoms with E-state index in [2.05, 4.69) is 49.7 Å². The molecule has 1 saturated heterocycles. The maximum atomic E-state index is 13.0. The van der Waals surface area contributed by atoms with Crippen molar-refractivity contribution < 1.29 is 9.59 Å². The first-order valence-corrected chi connectivity index (χ1v) is 9.63. The van der Waals surface area contributed by atoms with Crippen LogP contribution in [0.3, 0.4) is 0 Å². The number of rotatable bonds is 3. The van der Waals surface area contributed by atoms with E-state index in [1.54, 1.807) is 9.80 Å². The SMILES string of the molecule is CC(C)c1cc(C(=O)N2CCN(C(=O)c3cnccn3)CC2)nn1C(C)(C)C. The van der Waals surface area contributed by atoms with Crippen LogP contribution in [0.15, 0.2) is 24.7 Å². The van der Waals surface area contributed by atoms with Gasteiger partial charge in [0, 0.05) is 44.3 Å². The lowest BCUT2D eigenvalue weighted by Gasteiger charge is -2.34. The minimum Gasteiger partial charge on any atom is -0.334 e. The molecule has 0 saturated carbocycles. The third-order valence-corrected chi connectivity index (χ3v) is 4.82. The number of amides is 2. The lowest BCUT2D eigenvalue weighted by molar-refractivity contribution is 0.0528. The molecule has 0 unspecified atom stereocenters. The van der Waals surface area contributed by atoms with Gasteiger partial charge in [0.15, 0.2) is 5.69 Å².